The van der Waals surface area contributed by atoms with Crippen LogP contribution in [0.15, 0.2) is 12.4 Å². The van der Waals surface area contributed by atoms with Gasteiger partial charge in [-0.1, -0.05) is 0 Å². The minimum absolute atomic E-state index is 0.00687. The van der Waals surface area contributed by atoms with Crippen LogP contribution in [0, 0.1) is 17.7 Å². The summed E-state index contributed by atoms with van der Waals surface area (Å²) in [5, 5.41) is 2.27. The molecule has 0 bridgehead atoms. The van der Waals surface area contributed by atoms with Gasteiger partial charge >= 0.3 is 0 Å². The van der Waals surface area contributed by atoms with Crippen molar-refractivity contribution in [1.29, 1.82) is 0 Å². The minimum atomic E-state index is -3.26. The van der Waals surface area contributed by atoms with Gasteiger partial charge in [-0.05, 0) is 20.3 Å². The van der Waals surface area contributed by atoms with Crippen molar-refractivity contribution in [2.75, 3.05) is 23.7 Å². The third-order valence-electron chi connectivity index (χ3n) is 4.66. The van der Waals surface area contributed by atoms with Gasteiger partial charge < -0.3 is 10.2 Å². The molecular weight excluding hydrogens is 335 g/mol. The van der Waals surface area contributed by atoms with Crippen molar-refractivity contribution in [2.24, 2.45) is 11.8 Å². The number of fused-ring (bicyclic) bond motifs is 1. The van der Waals surface area contributed by atoms with Crippen LogP contribution in [0.25, 0.3) is 0 Å². The minimum Gasteiger partial charge on any atom is -0.354 e. The fourth-order valence-electron chi connectivity index (χ4n) is 3.57. The molecule has 3 atom stereocenters. The molecule has 1 aromatic rings. The van der Waals surface area contributed by atoms with E-state index >= 15 is 0 Å². The molecule has 0 aliphatic carbocycles. The lowest BCUT2D eigenvalue weighted by Gasteiger charge is -2.32. The Morgan fingerprint density at radius 2 is 2.00 bits per heavy atom. The second-order valence-corrected chi connectivity index (χ2v) is 9.07. The molecule has 1 aromatic heterocycles. The molecule has 132 valence electrons. The molecule has 0 radical (unpaired) electrons. The summed E-state index contributed by atoms with van der Waals surface area (Å²) in [6.45, 7) is 4.38. The average molecular weight is 356 g/mol. The molecule has 3 heterocycles. The van der Waals surface area contributed by atoms with E-state index in [0.29, 0.717) is 18.9 Å². The molecule has 2 saturated heterocycles. The Bertz CT molecular complexity index is 723. The maximum atomic E-state index is 13.0. The number of hydrogen-bond donors (Lipinski definition) is 1. The highest BCUT2D eigenvalue weighted by Gasteiger charge is 2.50. The maximum absolute atomic E-state index is 13.0. The van der Waals surface area contributed by atoms with E-state index in [2.05, 4.69) is 15.3 Å². The molecule has 2 fully saturated rings. The van der Waals surface area contributed by atoms with Crippen LogP contribution in [-0.4, -0.2) is 54.4 Å². The number of hydrogen-bond acceptors (Lipinski definition) is 6. The van der Waals surface area contributed by atoms with Gasteiger partial charge in [-0.2, -0.15) is 0 Å². The normalized spacial score (nSPS) is 28.7. The van der Waals surface area contributed by atoms with Gasteiger partial charge in [-0.15, -0.1) is 0 Å². The molecule has 0 saturated carbocycles. The lowest BCUT2D eigenvalue weighted by Crippen LogP contribution is -2.48. The molecule has 7 nitrogen and oxygen atoms in total. The van der Waals surface area contributed by atoms with Crippen LogP contribution in [0.4, 0.5) is 10.3 Å². The highest BCUT2D eigenvalue weighted by Crippen LogP contribution is 2.38. The van der Waals surface area contributed by atoms with Crippen LogP contribution in [0.2, 0.25) is 0 Å². The second-order valence-electron chi connectivity index (χ2n) is 6.73. The molecule has 9 heteroatoms. The Hall–Kier alpha value is -1.77. The first-order valence-electron chi connectivity index (χ1n) is 8.02. The smallest absolute Gasteiger partial charge is 0.225 e. The number of nitrogens with zero attached hydrogens (tertiary/aromatic N) is 3. The number of rotatable bonds is 3. The van der Waals surface area contributed by atoms with Crippen molar-refractivity contribution in [3.05, 3.63) is 18.2 Å². The molecule has 0 aromatic carbocycles. The van der Waals surface area contributed by atoms with Crippen molar-refractivity contribution >= 4 is 21.7 Å². The van der Waals surface area contributed by atoms with E-state index in [1.807, 2.05) is 13.8 Å². The zero-order valence-electron chi connectivity index (χ0n) is 13.6. The van der Waals surface area contributed by atoms with Gasteiger partial charge in [0, 0.05) is 31.0 Å². The first-order valence-corrected chi connectivity index (χ1v) is 9.74. The van der Waals surface area contributed by atoms with Gasteiger partial charge in [0.1, 0.15) is 0 Å². The number of nitrogens with one attached hydrogen (secondary N) is 1. The summed E-state index contributed by atoms with van der Waals surface area (Å²) in [5.74, 6) is -0.969. The zero-order valence-corrected chi connectivity index (χ0v) is 14.5. The fraction of sp³-hybridized carbons (Fsp3) is 0.667. The number of carbonyl (C=O) groups excluding carboxylic acids is 1. The summed E-state index contributed by atoms with van der Waals surface area (Å²) < 4.78 is 37.8. The van der Waals surface area contributed by atoms with E-state index in [-0.39, 0.29) is 36.1 Å². The lowest BCUT2D eigenvalue weighted by atomic mass is 9.87. The first kappa shape index (κ1) is 17.1. The van der Waals surface area contributed by atoms with Gasteiger partial charge in [-0.3, -0.25) is 4.79 Å². The zero-order chi connectivity index (χ0) is 17.5. The molecule has 3 rings (SSSR count). The van der Waals surface area contributed by atoms with E-state index < -0.39 is 20.9 Å². The summed E-state index contributed by atoms with van der Waals surface area (Å²) in [7, 11) is -3.26. The van der Waals surface area contributed by atoms with Crippen molar-refractivity contribution in [1.82, 2.24) is 15.3 Å². The Kier molecular flexibility index (Phi) is 4.46. The number of amides is 1. The van der Waals surface area contributed by atoms with Gasteiger partial charge in [0.05, 0.1) is 23.4 Å². The third-order valence-corrected chi connectivity index (χ3v) is 6.88. The van der Waals surface area contributed by atoms with E-state index in [4.69, 9.17) is 0 Å². The molecule has 2 aliphatic rings. The quantitative estimate of drug-likeness (QED) is 0.842. The predicted octanol–water partition coefficient (Wildman–Crippen LogP) is 0.380. The SMILES string of the molecule is CC(C)NC(=O)[C@@H]1CCS(=O)(=O)[C@H]2CN(c3ncc(F)cn3)C[C@@H]12. The lowest BCUT2D eigenvalue weighted by molar-refractivity contribution is -0.127. The Balaban J connectivity index is 1.84. The highest BCUT2D eigenvalue weighted by atomic mass is 32.2. The Morgan fingerprint density at radius 3 is 2.62 bits per heavy atom. The fourth-order valence-corrected chi connectivity index (χ4v) is 5.67. The summed E-state index contributed by atoms with van der Waals surface area (Å²) in [4.78, 5) is 22.0. The van der Waals surface area contributed by atoms with Crippen LogP contribution in [0.1, 0.15) is 20.3 Å². The summed E-state index contributed by atoms with van der Waals surface area (Å²) in [5.41, 5.74) is 0. The summed E-state index contributed by atoms with van der Waals surface area (Å²) in [6, 6.07) is 0.00687. The standard InChI is InChI=1S/C15H21FN4O3S/c1-9(2)19-14(21)11-3-4-24(22,23)13-8-20(7-12(11)13)15-17-5-10(16)6-18-15/h5-6,9,11-13H,3-4,7-8H2,1-2H3,(H,19,21)/t11-,12+,13+/m1/s1. The van der Waals surface area contributed by atoms with Gasteiger partial charge in [0.25, 0.3) is 0 Å². The van der Waals surface area contributed by atoms with E-state index in [9.17, 15) is 17.6 Å². The number of aromatic nitrogens is 2. The monoisotopic (exact) mass is 356 g/mol. The Morgan fingerprint density at radius 1 is 1.33 bits per heavy atom. The molecule has 1 N–H and O–H groups in total. The second kappa shape index (κ2) is 6.27. The van der Waals surface area contributed by atoms with Crippen molar-refractivity contribution in [2.45, 2.75) is 31.6 Å². The number of sulfone groups is 1. The van der Waals surface area contributed by atoms with E-state index in [1.165, 1.54) is 0 Å². The average Bonchev–Trinajstić information content (AvgIpc) is 2.93. The van der Waals surface area contributed by atoms with Crippen LogP contribution >= 0.6 is 0 Å². The molecular formula is C15H21FN4O3S. The Labute approximate surface area is 140 Å². The van der Waals surface area contributed by atoms with Crippen LogP contribution in [0.5, 0.6) is 0 Å². The molecule has 0 spiro atoms. The highest BCUT2D eigenvalue weighted by molar-refractivity contribution is 7.92. The number of halogens is 1. The van der Waals surface area contributed by atoms with E-state index in [0.717, 1.165) is 12.4 Å². The molecule has 1 amide bonds. The van der Waals surface area contributed by atoms with Crippen LogP contribution < -0.4 is 10.2 Å². The molecule has 2 aliphatic heterocycles. The van der Waals surface area contributed by atoms with Gasteiger partial charge in [-0.25, -0.2) is 22.8 Å². The molecule has 24 heavy (non-hydrogen) atoms. The van der Waals surface area contributed by atoms with Crippen molar-refractivity contribution in [3.8, 4) is 0 Å². The van der Waals surface area contributed by atoms with Gasteiger partial charge in [0.2, 0.25) is 11.9 Å². The van der Waals surface area contributed by atoms with Gasteiger partial charge in [0.15, 0.2) is 15.7 Å². The predicted molar refractivity (Wildman–Crippen MR) is 86.7 cm³/mol. The van der Waals surface area contributed by atoms with Crippen LogP contribution in [0.3, 0.4) is 0 Å². The van der Waals surface area contributed by atoms with Crippen molar-refractivity contribution < 1.29 is 17.6 Å². The van der Waals surface area contributed by atoms with Crippen molar-refractivity contribution in [3.63, 3.8) is 0 Å². The third kappa shape index (κ3) is 3.22. The topological polar surface area (TPSA) is 92.3 Å². The first-order chi connectivity index (χ1) is 11.3. The number of carbonyl (C=O) groups is 1. The maximum Gasteiger partial charge on any atom is 0.225 e. The van der Waals surface area contributed by atoms with Crippen LogP contribution in [-0.2, 0) is 14.6 Å². The summed E-state index contributed by atoms with van der Waals surface area (Å²) in [6.07, 6.45) is 2.45. The van der Waals surface area contributed by atoms with E-state index in [1.54, 1.807) is 4.90 Å². The largest absolute Gasteiger partial charge is 0.354 e. The number of anilines is 1. The molecule has 0 unspecified atom stereocenters. The summed E-state index contributed by atoms with van der Waals surface area (Å²) >= 11 is 0.